The quantitative estimate of drug-likeness (QED) is 0.557. The molecule has 0 saturated carbocycles. The van der Waals surface area contributed by atoms with Gasteiger partial charge in [-0.25, -0.2) is 9.59 Å². The molecule has 1 aromatic rings. The number of esters is 1. The zero-order chi connectivity index (χ0) is 17.2. The highest BCUT2D eigenvalue weighted by Gasteiger charge is 2.20. The predicted octanol–water partition coefficient (Wildman–Crippen LogP) is 1.74. The summed E-state index contributed by atoms with van der Waals surface area (Å²) in [7, 11) is 1.23. The van der Waals surface area contributed by atoms with Crippen LogP contribution in [0.15, 0.2) is 24.3 Å². The van der Waals surface area contributed by atoms with Crippen molar-refractivity contribution in [1.82, 2.24) is 5.32 Å². The zero-order valence-electron chi connectivity index (χ0n) is 12.7. The lowest BCUT2D eigenvalue weighted by Gasteiger charge is -2.14. The largest absolute Gasteiger partial charge is 0.480 e. The lowest BCUT2D eigenvalue weighted by atomic mass is 10.1. The molecule has 23 heavy (non-hydrogen) atoms. The number of hydrogen-bond acceptors (Lipinski definition) is 5. The average Bonchev–Trinajstić information content (AvgIpc) is 2.56. The number of benzene rings is 1. The minimum Gasteiger partial charge on any atom is -0.480 e. The van der Waals surface area contributed by atoms with Crippen LogP contribution in [0.1, 0.15) is 46.4 Å². The van der Waals surface area contributed by atoms with E-state index in [1.807, 2.05) is 6.07 Å². The van der Waals surface area contributed by atoms with Crippen LogP contribution >= 0.6 is 0 Å². The molecule has 0 aliphatic carbocycles. The Kier molecular flexibility index (Phi) is 7.27. The van der Waals surface area contributed by atoms with Gasteiger partial charge in [-0.1, -0.05) is 6.07 Å². The zero-order valence-corrected chi connectivity index (χ0v) is 12.7. The summed E-state index contributed by atoms with van der Waals surface area (Å²) in [5, 5.41) is 20.0. The van der Waals surface area contributed by atoms with Crippen LogP contribution in [0.4, 0.5) is 0 Å². The highest BCUT2D eigenvalue weighted by atomic mass is 16.5. The monoisotopic (exact) mass is 318 g/mol. The first-order valence-corrected chi connectivity index (χ1v) is 7.08. The van der Waals surface area contributed by atoms with Crippen molar-refractivity contribution in [1.29, 1.82) is 5.26 Å². The van der Waals surface area contributed by atoms with Crippen molar-refractivity contribution in [3.63, 3.8) is 0 Å². The fourth-order valence-electron chi connectivity index (χ4n) is 1.96. The summed E-state index contributed by atoms with van der Waals surface area (Å²) < 4.78 is 4.58. The van der Waals surface area contributed by atoms with Crippen LogP contribution in [-0.2, 0) is 9.53 Å². The maximum atomic E-state index is 12.1. The molecule has 0 aliphatic heterocycles. The molecule has 1 amide bonds. The molecule has 0 saturated heterocycles. The molecule has 122 valence electrons. The Morgan fingerprint density at radius 3 is 2.61 bits per heavy atom. The fraction of sp³-hybridized carbons (Fsp3) is 0.375. The number of carboxylic acid groups (broad SMARTS) is 1. The Bertz CT molecular complexity index is 621. The number of carboxylic acids is 1. The lowest BCUT2D eigenvalue weighted by Crippen LogP contribution is -2.40. The molecule has 2 N–H and O–H groups in total. The van der Waals surface area contributed by atoms with E-state index in [0.29, 0.717) is 19.3 Å². The third-order valence-electron chi connectivity index (χ3n) is 3.18. The Morgan fingerprint density at radius 2 is 2.00 bits per heavy atom. The van der Waals surface area contributed by atoms with Crippen molar-refractivity contribution in [2.24, 2.45) is 0 Å². The number of nitrogens with zero attached hydrogens (tertiary/aromatic N) is 1. The molecule has 7 nitrogen and oxygen atoms in total. The summed E-state index contributed by atoms with van der Waals surface area (Å²) in [6.07, 6.45) is 1.68. The number of aliphatic carboxylic acids is 1. The second-order valence-electron chi connectivity index (χ2n) is 4.84. The number of nitriles is 1. The van der Waals surface area contributed by atoms with Crippen molar-refractivity contribution in [3.8, 4) is 6.07 Å². The van der Waals surface area contributed by atoms with E-state index < -0.39 is 23.9 Å². The SMILES string of the molecule is COC(=O)c1cccc(C(=O)N[C@H](CCCCC#N)C(=O)O)c1. The van der Waals surface area contributed by atoms with Gasteiger partial charge in [0.15, 0.2) is 0 Å². The molecule has 0 bridgehead atoms. The summed E-state index contributed by atoms with van der Waals surface area (Å²) in [4.78, 5) is 34.8. The molecule has 1 aromatic carbocycles. The van der Waals surface area contributed by atoms with Crippen molar-refractivity contribution in [2.45, 2.75) is 31.7 Å². The van der Waals surface area contributed by atoms with Gasteiger partial charge in [0, 0.05) is 12.0 Å². The number of methoxy groups -OCH3 is 1. The smallest absolute Gasteiger partial charge is 0.337 e. The Labute approximate surface area is 133 Å². The van der Waals surface area contributed by atoms with Crippen molar-refractivity contribution in [3.05, 3.63) is 35.4 Å². The molecule has 0 heterocycles. The van der Waals surface area contributed by atoms with Gasteiger partial charge in [-0.2, -0.15) is 5.26 Å². The summed E-state index contributed by atoms with van der Waals surface area (Å²) in [5.41, 5.74) is 0.386. The van der Waals surface area contributed by atoms with Gasteiger partial charge in [-0.3, -0.25) is 4.79 Å². The Balaban J connectivity index is 2.73. The number of carbonyl (C=O) groups is 3. The van der Waals surface area contributed by atoms with Gasteiger partial charge in [-0.05, 0) is 37.5 Å². The van der Waals surface area contributed by atoms with Crippen LogP contribution in [0.5, 0.6) is 0 Å². The van der Waals surface area contributed by atoms with Crippen LogP contribution in [0.2, 0.25) is 0 Å². The van der Waals surface area contributed by atoms with E-state index in [1.54, 1.807) is 0 Å². The standard InChI is InChI=1S/C16H18N2O5/c1-23-16(22)12-7-5-6-11(10-12)14(19)18-13(15(20)21)8-3-2-4-9-17/h5-7,10,13H,2-4,8H2,1H3,(H,18,19)(H,20,21)/t13-/m1/s1. The van der Waals surface area contributed by atoms with Gasteiger partial charge < -0.3 is 15.2 Å². The van der Waals surface area contributed by atoms with E-state index in [-0.39, 0.29) is 17.5 Å². The van der Waals surface area contributed by atoms with E-state index in [9.17, 15) is 14.4 Å². The highest BCUT2D eigenvalue weighted by molar-refractivity contribution is 5.99. The van der Waals surface area contributed by atoms with E-state index in [4.69, 9.17) is 10.4 Å². The first-order valence-electron chi connectivity index (χ1n) is 7.08. The van der Waals surface area contributed by atoms with Crippen LogP contribution in [-0.4, -0.2) is 36.1 Å². The van der Waals surface area contributed by atoms with Crippen molar-refractivity contribution in [2.75, 3.05) is 7.11 Å². The molecule has 0 aliphatic rings. The van der Waals surface area contributed by atoms with Crippen molar-refractivity contribution >= 4 is 17.8 Å². The van der Waals surface area contributed by atoms with Crippen LogP contribution < -0.4 is 5.32 Å². The minimum absolute atomic E-state index is 0.177. The molecule has 7 heteroatoms. The first-order chi connectivity index (χ1) is 11.0. The maximum Gasteiger partial charge on any atom is 0.337 e. The molecular weight excluding hydrogens is 300 g/mol. The number of nitrogens with one attached hydrogen (secondary N) is 1. The first kappa shape index (κ1) is 18.2. The average molecular weight is 318 g/mol. The summed E-state index contributed by atoms with van der Waals surface area (Å²) in [6.45, 7) is 0. The summed E-state index contributed by atoms with van der Waals surface area (Å²) in [5.74, 6) is -2.30. The van der Waals surface area contributed by atoms with Gasteiger partial charge in [-0.15, -0.1) is 0 Å². The van der Waals surface area contributed by atoms with Crippen LogP contribution in [0.25, 0.3) is 0 Å². The second-order valence-corrected chi connectivity index (χ2v) is 4.84. The van der Waals surface area contributed by atoms with E-state index in [1.165, 1.54) is 31.4 Å². The maximum absolute atomic E-state index is 12.1. The molecule has 1 rings (SSSR count). The number of amides is 1. The molecule has 0 unspecified atom stereocenters. The third-order valence-corrected chi connectivity index (χ3v) is 3.18. The van der Waals surface area contributed by atoms with E-state index in [0.717, 1.165) is 0 Å². The number of carbonyl (C=O) groups excluding carboxylic acids is 2. The van der Waals surface area contributed by atoms with Gasteiger partial charge in [0.2, 0.25) is 0 Å². The number of rotatable bonds is 8. The Hall–Kier alpha value is -2.88. The Morgan fingerprint density at radius 1 is 1.30 bits per heavy atom. The third kappa shape index (κ3) is 5.79. The molecule has 1 atom stereocenters. The number of ether oxygens (including phenoxy) is 1. The topological polar surface area (TPSA) is 116 Å². The van der Waals surface area contributed by atoms with Gasteiger partial charge >= 0.3 is 11.9 Å². The normalized spacial score (nSPS) is 11.1. The second kappa shape index (κ2) is 9.20. The molecule has 0 spiro atoms. The van der Waals surface area contributed by atoms with Gasteiger partial charge in [0.05, 0.1) is 18.7 Å². The lowest BCUT2D eigenvalue weighted by molar-refractivity contribution is -0.139. The summed E-state index contributed by atoms with van der Waals surface area (Å²) in [6, 6.07) is 6.78. The molecule has 0 aromatic heterocycles. The predicted molar refractivity (Wildman–Crippen MR) is 80.8 cm³/mol. The number of unbranched alkanes of at least 4 members (excludes halogenated alkanes) is 2. The van der Waals surface area contributed by atoms with Gasteiger partial charge in [0.25, 0.3) is 5.91 Å². The number of hydrogen-bond donors (Lipinski definition) is 2. The fourth-order valence-corrected chi connectivity index (χ4v) is 1.96. The summed E-state index contributed by atoms with van der Waals surface area (Å²) >= 11 is 0. The highest BCUT2D eigenvalue weighted by Crippen LogP contribution is 2.09. The molecule has 0 radical (unpaired) electrons. The van der Waals surface area contributed by atoms with Crippen molar-refractivity contribution < 1.29 is 24.2 Å². The minimum atomic E-state index is -1.14. The van der Waals surface area contributed by atoms with Crippen LogP contribution in [0, 0.1) is 11.3 Å². The van der Waals surface area contributed by atoms with Crippen LogP contribution in [0.3, 0.4) is 0 Å². The van der Waals surface area contributed by atoms with Gasteiger partial charge in [0.1, 0.15) is 6.04 Å². The van der Waals surface area contributed by atoms with E-state index in [2.05, 4.69) is 10.1 Å². The van der Waals surface area contributed by atoms with E-state index >= 15 is 0 Å². The molecule has 0 fully saturated rings. The molecular formula is C16H18N2O5.